The number of aliphatic hydroxyl groups is 2. The van der Waals surface area contributed by atoms with Gasteiger partial charge in [0.2, 0.25) is 0 Å². The van der Waals surface area contributed by atoms with Crippen LogP contribution in [-0.2, 0) is 22.5 Å². The molecule has 1 saturated carbocycles. The Morgan fingerprint density at radius 1 is 1.07 bits per heavy atom. The fourth-order valence-electron chi connectivity index (χ4n) is 6.15. The Bertz CT molecular complexity index is 1840. The number of carbonyl (C=O) groups is 1. The van der Waals surface area contributed by atoms with Crippen LogP contribution in [0.2, 0.25) is 0 Å². The van der Waals surface area contributed by atoms with E-state index in [1.165, 1.54) is 45.8 Å². The maximum absolute atomic E-state index is 12.6. The van der Waals surface area contributed by atoms with E-state index in [0.717, 1.165) is 25.8 Å². The number of anilines is 1. The number of aromatic nitrogens is 5. The molecule has 228 valence electrons. The number of benzene rings is 2. The van der Waals surface area contributed by atoms with Crippen molar-refractivity contribution in [2.24, 2.45) is 0 Å². The number of para-hydroxylation sites is 1. The minimum atomic E-state index is -1.37. The van der Waals surface area contributed by atoms with E-state index in [2.05, 4.69) is 99.6 Å². The van der Waals surface area contributed by atoms with Crippen LogP contribution in [0.1, 0.15) is 48.2 Å². The van der Waals surface area contributed by atoms with Crippen LogP contribution in [0.3, 0.4) is 0 Å². The third-order valence-corrected chi connectivity index (χ3v) is 8.68. The lowest BCUT2D eigenvalue weighted by Crippen LogP contribution is -2.43. The Morgan fingerprint density at radius 2 is 1.89 bits per heavy atom. The average Bonchev–Trinajstić information content (AvgIpc) is 3.50. The molecule has 1 amide bonds. The lowest BCUT2D eigenvalue weighted by molar-refractivity contribution is -0.137. The van der Waals surface area contributed by atoms with E-state index < -0.39 is 30.4 Å². The highest BCUT2D eigenvalue weighted by Gasteiger charge is 2.48. The van der Waals surface area contributed by atoms with Crippen LogP contribution in [-0.4, -0.2) is 70.6 Å². The van der Waals surface area contributed by atoms with Crippen molar-refractivity contribution in [2.45, 2.75) is 83.2 Å². The maximum Gasteiger partial charge on any atom is 0.252 e. The molecule has 3 aromatic heterocycles. The van der Waals surface area contributed by atoms with Gasteiger partial charge < -0.3 is 30.2 Å². The first kappa shape index (κ1) is 28.5. The SMILES string of the molecule is Cc1ccc(C)c(Cn2cc(CC(C)Nc3ncnc4c3ncn4C3O[C@H](C(=O)NC4CC4)[C@@H](O)[C@H]3O)c3ccccc32)c1. The third kappa shape index (κ3) is 5.31. The first-order chi connectivity index (χ1) is 21.3. The topological polar surface area (TPSA) is 139 Å². The molecule has 5 atom stereocenters. The van der Waals surface area contributed by atoms with Gasteiger partial charge in [0, 0.05) is 35.7 Å². The van der Waals surface area contributed by atoms with Crippen molar-refractivity contribution in [1.82, 2.24) is 29.4 Å². The second-order valence-corrected chi connectivity index (χ2v) is 12.2. The van der Waals surface area contributed by atoms with Crippen LogP contribution in [0.4, 0.5) is 5.82 Å². The van der Waals surface area contributed by atoms with Gasteiger partial charge in [0.05, 0.1) is 6.33 Å². The van der Waals surface area contributed by atoms with E-state index >= 15 is 0 Å². The highest BCUT2D eigenvalue weighted by molar-refractivity contribution is 5.85. The van der Waals surface area contributed by atoms with Crippen molar-refractivity contribution < 1.29 is 19.7 Å². The summed E-state index contributed by atoms with van der Waals surface area (Å²) in [5.74, 6) is 0.128. The Hall–Kier alpha value is -4.32. The lowest BCUT2D eigenvalue weighted by atomic mass is 10.1. The van der Waals surface area contributed by atoms with Gasteiger partial charge in [0.25, 0.3) is 5.91 Å². The summed E-state index contributed by atoms with van der Waals surface area (Å²) in [6.45, 7) is 7.18. The maximum atomic E-state index is 12.6. The summed E-state index contributed by atoms with van der Waals surface area (Å²) in [4.78, 5) is 26.0. The van der Waals surface area contributed by atoms with Crippen molar-refractivity contribution in [3.8, 4) is 0 Å². The van der Waals surface area contributed by atoms with Gasteiger partial charge in [0.1, 0.15) is 18.5 Å². The van der Waals surface area contributed by atoms with E-state index in [1.54, 1.807) is 4.57 Å². The Balaban J connectivity index is 1.10. The first-order valence-electron chi connectivity index (χ1n) is 15.2. The zero-order valence-corrected chi connectivity index (χ0v) is 25.0. The molecule has 5 aromatic rings. The highest BCUT2D eigenvalue weighted by Crippen LogP contribution is 2.33. The number of aliphatic hydroxyl groups excluding tert-OH is 2. The molecule has 0 bridgehead atoms. The monoisotopic (exact) mass is 595 g/mol. The number of hydrogen-bond acceptors (Lipinski definition) is 8. The van der Waals surface area contributed by atoms with Crippen LogP contribution in [0, 0.1) is 13.8 Å². The van der Waals surface area contributed by atoms with Crippen molar-refractivity contribution in [1.29, 1.82) is 0 Å². The number of nitrogens with one attached hydrogen (secondary N) is 2. The number of rotatable bonds is 9. The van der Waals surface area contributed by atoms with Crippen LogP contribution in [0.15, 0.2) is 61.3 Å². The number of nitrogens with zero attached hydrogens (tertiary/aromatic N) is 5. The minimum absolute atomic E-state index is 0.00357. The first-order valence-corrected chi connectivity index (χ1v) is 15.2. The van der Waals surface area contributed by atoms with E-state index in [9.17, 15) is 15.0 Å². The van der Waals surface area contributed by atoms with Crippen molar-refractivity contribution >= 4 is 33.8 Å². The quantitative estimate of drug-likeness (QED) is 0.203. The molecule has 1 saturated heterocycles. The van der Waals surface area contributed by atoms with E-state index in [-0.39, 0.29) is 12.1 Å². The third-order valence-electron chi connectivity index (χ3n) is 8.68. The van der Waals surface area contributed by atoms with Gasteiger partial charge in [-0.3, -0.25) is 9.36 Å². The summed E-state index contributed by atoms with van der Waals surface area (Å²) in [5, 5.41) is 28.9. The van der Waals surface area contributed by atoms with Gasteiger partial charge in [-0.05, 0) is 62.8 Å². The molecule has 4 heterocycles. The molecule has 7 rings (SSSR count). The Labute approximate surface area is 254 Å². The Kier molecular flexibility index (Phi) is 7.31. The number of fused-ring (bicyclic) bond motifs is 2. The van der Waals surface area contributed by atoms with Gasteiger partial charge in [-0.15, -0.1) is 0 Å². The molecule has 1 aliphatic carbocycles. The number of hydrogen-bond donors (Lipinski definition) is 4. The molecule has 2 aliphatic rings. The lowest BCUT2D eigenvalue weighted by Gasteiger charge is -2.17. The second kappa shape index (κ2) is 11.3. The number of amides is 1. The normalized spacial score (nSPS) is 22.5. The molecule has 0 radical (unpaired) electrons. The molecule has 4 N–H and O–H groups in total. The van der Waals surface area contributed by atoms with E-state index in [4.69, 9.17) is 4.74 Å². The largest absolute Gasteiger partial charge is 0.387 e. The summed E-state index contributed by atoms with van der Waals surface area (Å²) in [6.07, 6.45) is 2.85. The van der Waals surface area contributed by atoms with E-state index in [0.29, 0.717) is 17.0 Å². The van der Waals surface area contributed by atoms with E-state index in [1.807, 2.05) is 0 Å². The molecule has 11 heteroatoms. The zero-order valence-electron chi connectivity index (χ0n) is 25.0. The predicted molar refractivity (Wildman–Crippen MR) is 166 cm³/mol. The highest BCUT2D eigenvalue weighted by atomic mass is 16.6. The van der Waals surface area contributed by atoms with Crippen molar-refractivity contribution in [2.75, 3.05) is 5.32 Å². The number of carbonyl (C=O) groups excluding carboxylic acids is 1. The van der Waals surface area contributed by atoms with Gasteiger partial charge in [-0.25, -0.2) is 15.0 Å². The standard InChI is InChI=1S/C33H37N7O4/c1-18-8-9-19(2)21(12-18)14-39-15-22(24-6-4-5-7-25(24)39)13-20(3)37-30-26-31(35-16-34-30)40(17-36-26)33-28(42)27(41)29(44-33)32(43)38-23-10-11-23/h4-9,12,15-17,20,23,27-29,33,41-42H,10-11,13-14H2,1-3H3,(H,38,43)(H,34,35,37)/t20?,27-,28+,29-,33?/m0/s1. The van der Waals surface area contributed by atoms with Crippen molar-refractivity contribution in [3.63, 3.8) is 0 Å². The minimum Gasteiger partial charge on any atom is -0.387 e. The van der Waals surface area contributed by atoms with Crippen LogP contribution in [0.25, 0.3) is 22.1 Å². The van der Waals surface area contributed by atoms with Crippen LogP contribution >= 0.6 is 0 Å². The molecule has 1 aliphatic heterocycles. The van der Waals surface area contributed by atoms with Gasteiger partial charge in [-0.2, -0.15) is 0 Å². The average molecular weight is 596 g/mol. The summed E-state index contributed by atoms with van der Waals surface area (Å²) < 4.78 is 9.73. The van der Waals surface area contributed by atoms with Gasteiger partial charge in [-0.1, -0.05) is 42.0 Å². The summed E-state index contributed by atoms with van der Waals surface area (Å²) in [7, 11) is 0. The molecule has 11 nitrogen and oxygen atoms in total. The molecule has 44 heavy (non-hydrogen) atoms. The molecular formula is C33H37N7O4. The van der Waals surface area contributed by atoms with Gasteiger partial charge >= 0.3 is 0 Å². The van der Waals surface area contributed by atoms with Crippen molar-refractivity contribution in [3.05, 3.63) is 83.6 Å². The summed E-state index contributed by atoms with van der Waals surface area (Å²) in [5.41, 5.74) is 7.20. The summed E-state index contributed by atoms with van der Waals surface area (Å²) in [6, 6.07) is 15.2. The second-order valence-electron chi connectivity index (χ2n) is 12.2. The number of imidazole rings is 1. The molecule has 2 aromatic carbocycles. The van der Waals surface area contributed by atoms with Crippen LogP contribution in [0.5, 0.6) is 0 Å². The predicted octanol–water partition coefficient (Wildman–Crippen LogP) is 3.39. The fraction of sp³-hybridized carbons (Fsp3) is 0.394. The summed E-state index contributed by atoms with van der Waals surface area (Å²) >= 11 is 0. The molecule has 0 spiro atoms. The smallest absolute Gasteiger partial charge is 0.252 e. The molecule has 2 fully saturated rings. The number of ether oxygens (including phenoxy) is 1. The zero-order chi connectivity index (χ0) is 30.5. The van der Waals surface area contributed by atoms with Gasteiger partial charge in [0.15, 0.2) is 29.3 Å². The number of aryl methyl sites for hydroxylation is 2. The fourth-order valence-corrected chi connectivity index (χ4v) is 6.15. The Morgan fingerprint density at radius 3 is 2.70 bits per heavy atom. The molecular weight excluding hydrogens is 558 g/mol. The van der Waals surface area contributed by atoms with Crippen LogP contribution < -0.4 is 10.6 Å². The molecule has 2 unspecified atom stereocenters.